The van der Waals surface area contributed by atoms with Gasteiger partial charge in [0.2, 0.25) is 0 Å². The smallest absolute Gasteiger partial charge is 0.260 e. The van der Waals surface area contributed by atoms with E-state index in [2.05, 4.69) is 23.7 Å². The lowest BCUT2D eigenvalue weighted by Gasteiger charge is -2.25. The van der Waals surface area contributed by atoms with Crippen molar-refractivity contribution >= 4 is 42.4 Å². The van der Waals surface area contributed by atoms with E-state index in [1.165, 1.54) is 37.9 Å². The number of carbonyl (C=O) groups is 1. The van der Waals surface area contributed by atoms with E-state index in [0.717, 1.165) is 13.1 Å². The first-order chi connectivity index (χ1) is 15.7. The Bertz CT molecular complexity index is 1210. The van der Waals surface area contributed by atoms with Crippen molar-refractivity contribution in [2.75, 3.05) is 51.6 Å². The number of sulfone groups is 1. The number of likely N-dealkylation sites (N-methyl/N-ethyl adjacent to an activating group) is 1. The minimum absolute atomic E-state index is 0.226. The Hall–Kier alpha value is -2.69. The van der Waals surface area contributed by atoms with Crippen LogP contribution in [0.5, 0.6) is 11.5 Å². The van der Waals surface area contributed by atoms with Crippen molar-refractivity contribution in [1.29, 1.82) is 0 Å². The first-order valence-electron chi connectivity index (χ1n) is 10.6. The standard InChI is InChI=1S/C23H29N3O5S2/c1-6-25(7-2)10-11-26(22(27)16-12-17(30-3)14-18(13-16)31-4)23-24-20-9-8-19(33(5,28)29)15-21(20)32-23/h8-9,12-15H,6-7,10-11H2,1-5H3. The molecule has 0 aliphatic carbocycles. The Labute approximate surface area is 198 Å². The number of hydrogen-bond donors (Lipinski definition) is 0. The maximum Gasteiger partial charge on any atom is 0.260 e. The zero-order valence-corrected chi connectivity index (χ0v) is 21.1. The number of thiazole rings is 1. The predicted octanol–water partition coefficient (Wildman–Crippen LogP) is 3.71. The van der Waals surface area contributed by atoms with Gasteiger partial charge in [-0.25, -0.2) is 13.4 Å². The molecule has 3 rings (SSSR count). The topological polar surface area (TPSA) is 89.0 Å². The van der Waals surface area contributed by atoms with Crippen LogP contribution in [-0.4, -0.2) is 70.9 Å². The van der Waals surface area contributed by atoms with E-state index in [4.69, 9.17) is 9.47 Å². The summed E-state index contributed by atoms with van der Waals surface area (Å²) >= 11 is 1.29. The molecule has 0 saturated carbocycles. The molecule has 33 heavy (non-hydrogen) atoms. The number of fused-ring (bicyclic) bond motifs is 1. The Morgan fingerprint density at radius 3 is 2.18 bits per heavy atom. The van der Waals surface area contributed by atoms with Gasteiger partial charge in [-0.1, -0.05) is 25.2 Å². The second-order valence-corrected chi connectivity index (χ2v) is 10.5. The second-order valence-electron chi connectivity index (χ2n) is 7.48. The fourth-order valence-electron chi connectivity index (χ4n) is 3.39. The molecular formula is C23H29N3O5S2. The highest BCUT2D eigenvalue weighted by Crippen LogP contribution is 2.32. The molecule has 0 radical (unpaired) electrons. The third-order valence-electron chi connectivity index (χ3n) is 5.39. The van der Waals surface area contributed by atoms with Crippen molar-refractivity contribution in [2.45, 2.75) is 18.7 Å². The Kier molecular flexibility index (Phi) is 7.93. The molecule has 10 heteroatoms. The van der Waals surface area contributed by atoms with Crippen LogP contribution in [0, 0.1) is 0 Å². The number of amides is 1. The molecule has 0 fully saturated rings. The summed E-state index contributed by atoms with van der Waals surface area (Å²) in [5.41, 5.74) is 1.06. The summed E-state index contributed by atoms with van der Waals surface area (Å²) < 4.78 is 35.3. The fourth-order valence-corrected chi connectivity index (χ4v) is 5.14. The summed E-state index contributed by atoms with van der Waals surface area (Å²) in [5, 5.41) is 0.509. The van der Waals surface area contributed by atoms with Gasteiger partial charge in [0.15, 0.2) is 15.0 Å². The SMILES string of the molecule is CCN(CC)CCN(C(=O)c1cc(OC)cc(OC)c1)c1nc2ccc(S(C)(=O)=O)cc2s1. The zero-order valence-electron chi connectivity index (χ0n) is 19.5. The molecule has 0 unspecified atom stereocenters. The van der Waals surface area contributed by atoms with Gasteiger partial charge in [0.05, 0.1) is 29.3 Å². The normalized spacial score (nSPS) is 11.7. The van der Waals surface area contributed by atoms with E-state index < -0.39 is 9.84 Å². The van der Waals surface area contributed by atoms with Gasteiger partial charge in [-0.3, -0.25) is 9.69 Å². The third-order valence-corrected chi connectivity index (χ3v) is 7.54. The molecule has 0 aliphatic heterocycles. The maximum absolute atomic E-state index is 13.6. The van der Waals surface area contributed by atoms with Crippen LogP contribution in [-0.2, 0) is 9.84 Å². The first-order valence-corrected chi connectivity index (χ1v) is 13.3. The van der Waals surface area contributed by atoms with Crippen LogP contribution < -0.4 is 14.4 Å². The number of nitrogens with zero attached hydrogens (tertiary/aromatic N) is 3. The largest absolute Gasteiger partial charge is 0.497 e. The summed E-state index contributed by atoms with van der Waals surface area (Å²) in [5.74, 6) is 0.800. The highest BCUT2D eigenvalue weighted by Gasteiger charge is 2.23. The minimum atomic E-state index is -3.34. The van der Waals surface area contributed by atoms with Crippen molar-refractivity contribution in [3.8, 4) is 11.5 Å². The molecule has 0 bridgehead atoms. The van der Waals surface area contributed by atoms with Gasteiger partial charge < -0.3 is 14.4 Å². The number of anilines is 1. The van der Waals surface area contributed by atoms with Gasteiger partial charge >= 0.3 is 0 Å². The van der Waals surface area contributed by atoms with Crippen molar-refractivity contribution in [1.82, 2.24) is 9.88 Å². The molecule has 0 aliphatic rings. The van der Waals surface area contributed by atoms with Crippen LogP contribution in [0.2, 0.25) is 0 Å². The number of benzene rings is 2. The molecule has 2 aromatic carbocycles. The van der Waals surface area contributed by atoms with E-state index in [1.54, 1.807) is 35.2 Å². The lowest BCUT2D eigenvalue weighted by atomic mass is 10.1. The van der Waals surface area contributed by atoms with Crippen molar-refractivity contribution in [2.24, 2.45) is 0 Å². The maximum atomic E-state index is 13.6. The van der Waals surface area contributed by atoms with E-state index in [1.807, 2.05) is 0 Å². The van der Waals surface area contributed by atoms with Crippen LogP contribution in [0.25, 0.3) is 10.2 Å². The molecule has 1 heterocycles. The number of carbonyl (C=O) groups excluding carboxylic acids is 1. The molecule has 1 aromatic heterocycles. The summed E-state index contributed by atoms with van der Waals surface area (Å²) in [7, 11) is -0.273. The zero-order chi connectivity index (χ0) is 24.2. The minimum Gasteiger partial charge on any atom is -0.497 e. The average Bonchev–Trinajstić information content (AvgIpc) is 3.23. The monoisotopic (exact) mass is 491 g/mol. The van der Waals surface area contributed by atoms with Gasteiger partial charge in [-0.2, -0.15) is 0 Å². The van der Waals surface area contributed by atoms with Gasteiger partial charge in [0, 0.05) is 31.0 Å². The van der Waals surface area contributed by atoms with E-state index >= 15 is 0 Å². The summed E-state index contributed by atoms with van der Waals surface area (Å²) in [6.07, 6.45) is 1.17. The molecule has 0 saturated heterocycles. The van der Waals surface area contributed by atoms with Crippen molar-refractivity contribution in [3.05, 3.63) is 42.0 Å². The van der Waals surface area contributed by atoms with Gasteiger partial charge in [0.1, 0.15) is 11.5 Å². The summed E-state index contributed by atoms with van der Waals surface area (Å²) in [4.78, 5) is 22.4. The third kappa shape index (κ3) is 5.82. The van der Waals surface area contributed by atoms with E-state index in [0.29, 0.717) is 45.5 Å². The molecule has 0 spiro atoms. The van der Waals surface area contributed by atoms with E-state index in [9.17, 15) is 13.2 Å². The average molecular weight is 492 g/mol. The number of methoxy groups -OCH3 is 2. The predicted molar refractivity (Wildman–Crippen MR) is 132 cm³/mol. The number of aromatic nitrogens is 1. The van der Waals surface area contributed by atoms with Gasteiger partial charge in [-0.05, 0) is 43.4 Å². The number of ether oxygens (including phenoxy) is 2. The van der Waals surface area contributed by atoms with Crippen molar-refractivity contribution < 1.29 is 22.7 Å². The Morgan fingerprint density at radius 2 is 1.64 bits per heavy atom. The second kappa shape index (κ2) is 10.5. The van der Waals surface area contributed by atoms with Crippen LogP contribution in [0.15, 0.2) is 41.3 Å². The van der Waals surface area contributed by atoms with Crippen LogP contribution in [0.4, 0.5) is 5.13 Å². The number of hydrogen-bond acceptors (Lipinski definition) is 8. The Morgan fingerprint density at radius 1 is 1.00 bits per heavy atom. The molecular weight excluding hydrogens is 462 g/mol. The van der Waals surface area contributed by atoms with E-state index in [-0.39, 0.29) is 10.8 Å². The van der Waals surface area contributed by atoms with Crippen molar-refractivity contribution in [3.63, 3.8) is 0 Å². The van der Waals surface area contributed by atoms with Crippen LogP contribution in [0.3, 0.4) is 0 Å². The van der Waals surface area contributed by atoms with Crippen LogP contribution in [0.1, 0.15) is 24.2 Å². The highest BCUT2D eigenvalue weighted by atomic mass is 32.2. The first kappa shape index (κ1) is 24.9. The molecule has 0 N–H and O–H groups in total. The molecule has 0 atom stereocenters. The lowest BCUT2D eigenvalue weighted by Crippen LogP contribution is -2.38. The summed E-state index contributed by atoms with van der Waals surface area (Å²) in [6, 6.07) is 9.87. The fraction of sp³-hybridized carbons (Fsp3) is 0.391. The summed E-state index contributed by atoms with van der Waals surface area (Å²) in [6.45, 7) is 6.98. The lowest BCUT2D eigenvalue weighted by molar-refractivity contribution is 0.0983. The Balaban J connectivity index is 2.05. The quantitative estimate of drug-likeness (QED) is 0.427. The molecule has 178 valence electrons. The highest BCUT2D eigenvalue weighted by molar-refractivity contribution is 7.90. The molecule has 8 nitrogen and oxygen atoms in total. The van der Waals surface area contributed by atoms with Crippen LogP contribution >= 0.6 is 11.3 Å². The molecule has 3 aromatic rings. The number of rotatable bonds is 10. The molecule has 1 amide bonds. The van der Waals surface area contributed by atoms with Gasteiger partial charge in [0.25, 0.3) is 5.91 Å². The van der Waals surface area contributed by atoms with Gasteiger partial charge in [-0.15, -0.1) is 0 Å².